The molecule has 3 N–H and O–H groups in total. The van der Waals surface area contributed by atoms with Crippen molar-refractivity contribution in [2.75, 3.05) is 19.9 Å². The summed E-state index contributed by atoms with van der Waals surface area (Å²) in [5.41, 5.74) is 7.08. The van der Waals surface area contributed by atoms with Gasteiger partial charge in [0.25, 0.3) is 0 Å². The maximum atomic E-state index is 12.4. The number of nitrogens with one attached hydrogen (secondary N) is 1. The molecule has 2 unspecified atom stereocenters. The van der Waals surface area contributed by atoms with Crippen molar-refractivity contribution in [2.24, 2.45) is 11.7 Å². The number of carbonyl (C=O) groups is 1. The number of benzene rings is 2. The van der Waals surface area contributed by atoms with E-state index in [-0.39, 0.29) is 23.3 Å². The van der Waals surface area contributed by atoms with Gasteiger partial charge in [-0.3, -0.25) is 4.79 Å². The minimum atomic E-state index is -3.35. The van der Waals surface area contributed by atoms with E-state index in [2.05, 4.69) is 5.32 Å². The minimum absolute atomic E-state index is 0.196. The van der Waals surface area contributed by atoms with Gasteiger partial charge in [0, 0.05) is 18.7 Å². The van der Waals surface area contributed by atoms with Gasteiger partial charge in [-0.25, -0.2) is 8.42 Å². The second kappa shape index (κ2) is 8.33. The summed E-state index contributed by atoms with van der Waals surface area (Å²) in [6, 6.07) is 13.3. The minimum Gasteiger partial charge on any atom is -0.497 e. The molecule has 0 spiro atoms. The third kappa shape index (κ3) is 4.83. The van der Waals surface area contributed by atoms with Gasteiger partial charge in [0.1, 0.15) is 5.75 Å². The molecule has 0 radical (unpaired) electrons. The second-order valence-corrected chi connectivity index (χ2v) is 8.21. The standard InChI is InChI=1S/C19H24N2O4S/c1-13(12-20)19(22)21-18(14-7-9-16(25-2)10-8-14)15-5-4-6-17(11-15)26(3,23)24/h4-11,13,18H,12,20H2,1-3H3,(H,21,22). The Morgan fingerprint density at radius 2 is 1.81 bits per heavy atom. The molecular formula is C19H24N2O4S. The van der Waals surface area contributed by atoms with Crippen LogP contribution in [0.5, 0.6) is 5.75 Å². The molecule has 0 aliphatic rings. The highest BCUT2D eigenvalue weighted by molar-refractivity contribution is 7.90. The topological polar surface area (TPSA) is 98.5 Å². The molecule has 0 saturated carbocycles. The van der Waals surface area contributed by atoms with Crippen LogP contribution in [0.2, 0.25) is 0 Å². The van der Waals surface area contributed by atoms with Crippen molar-refractivity contribution in [1.82, 2.24) is 5.32 Å². The summed E-state index contributed by atoms with van der Waals surface area (Å²) >= 11 is 0. The smallest absolute Gasteiger partial charge is 0.224 e. The summed E-state index contributed by atoms with van der Waals surface area (Å²) in [5.74, 6) is 0.144. The molecule has 0 aromatic heterocycles. The predicted molar refractivity (Wildman–Crippen MR) is 101 cm³/mol. The molecule has 26 heavy (non-hydrogen) atoms. The number of hydrogen-bond donors (Lipinski definition) is 2. The molecule has 0 fully saturated rings. The lowest BCUT2D eigenvalue weighted by atomic mass is 9.97. The van der Waals surface area contributed by atoms with Gasteiger partial charge in [-0.1, -0.05) is 31.2 Å². The second-order valence-electron chi connectivity index (χ2n) is 6.20. The molecule has 140 valence electrons. The van der Waals surface area contributed by atoms with Crippen LogP contribution < -0.4 is 15.8 Å². The zero-order valence-corrected chi connectivity index (χ0v) is 15.9. The number of sulfone groups is 1. The molecule has 2 aromatic carbocycles. The van der Waals surface area contributed by atoms with E-state index in [1.54, 1.807) is 44.4 Å². The first-order chi connectivity index (χ1) is 12.3. The molecule has 0 aliphatic carbocycles. The lowest BCUT2D eigenvalue weighted by Gasteiger charge is -2.22. The van der Waals surface area contributed by atoms with Gasteiger partial charge < -0.3 is 15.8 Å². The van der Waals surface area contributed by atoms with Gasteiger partial charge in [0.15, 0.2) is 9.84 Å². The number of rotatable bonds is 7. The zero-order valence-electron chi connectivity index (χ0n) is 15.1. The van der Waals surface area contributed by atoms with Crippen LogP contribution in [-0.4, -0.2) is 34.2 Å². The van der Waals surface area contributed by atoms with Gasteiger partial charge in [-0.05, 0) is 35.4 Å². The monoisotopic (exact) mass is 376 g/mol. The number of ether oxygens (including phenoxy) is 1. The molecule has 7 heteroatoms. The quantitative estimate of drug-likeness (QED) is 0.769. The number of methoxy groups -OCH3 is 1. The normalized spacial score (nSPS) is 13.7. The Balaban J connectivity index is 2.47. The highest BCUT2D eigenvalue weighted by atomic mass is 32.2. The molecule has 0 heterocycles. The van der Waals surface area contributed by atoms with E-state index < -0.39 is 15.9 Å². The van der Waals surface area contributed by atoms with Crippen LogP contribution in [0.25, 0.3) is 0 Å². The summed E-state index contributed by atoms with van der Waals surface area (Å²) in [7, 11) is -1.78. The fraction of sp³-hybridized carbons (Fsp3) is 0.316. The lowest BCUT2D eigenvalue weighted by Crippen LogP contribution is -2.36. The van der Waals surface area contributed by atoms with Gasteiger partial charge >= 0.3 is 0 Å². The van der Waals surface area contributed by atoms with Crippen molar-refractivity contribution in [3.8, 4) is 5.75 Å². The number of hydrogen-bond acceptors (Lipinski definition) is 5. The van der Waals surface area contributed by atoms with Gasteiger partial charge in [-0.2, -0.15) is 0 Å². The highest BCUT2D eigenvalue weighted by Gasteiger charge is 2.21. The Hall–Kier alpha value is -2.38. The Morgan fingerprint density at radius 1 is 1.15 bits per heavy atom. The van der Waals surface area contributed by atoms with Crippen LogP contribution in [0.3, 0.4) is 0 Å². The fourth-order valence-corrected chi connectivity index (χ4v) is 3.15. The van der Waals surface area contributed by atoms with E-state index >= 15 is 0 Å². The first kappa shape index (κ1) is 19.9. The first-order valence-electron chi connectivity index (χ1n) is 8.20. The van der Waals surface area contributed by atoms with Gasteiger partial charge in [0.05, 0.1) is 18.0 Å². The third-order valence-corrected chi connectivity index (χ3v) is 5.27. The Kier molecular flexibility index (Phi) is 6.39. The van der Waals surface area contributed by atoms with E-state index in [1.807, 2.05) is 12.1 Å². The van der Waals surface area contributed by atoms with E-state index in [9.17, 15) is 13.2 Å². The molecule has 2 aromatic rings. The van der Waals surface area contributed by atoms with Crippen LogP contribution >= 0.6 is 0 Å². The molecule has 2 atom stereocenters. The fourth-order valence-electron chi connectivity index (χ4n) is 2.47. The maximum Gasteiger partial charge on any atom is 0.224 e. The van der Waals surface area contributed by atoms with Crippen LogP contribution in [0, 0.1) is 5.92 Å². The number of carbonyl (C=O) groups excluding carboxylic acids is 1. The summed E-state index contributed by atoms with van der Waals surface area (Å²) < 4.78 is 28.9. The zero-order chi connectivity index (χ0) is 19.3. The van der Waals surface area contributed by atoms with Crippen LogP contribution in [0.15, 0.2) is 53.4 Å². The SMILES string of the molecule is COc1ccc(C(NC(=O)C(C)CN)c2cccc(S(C)(=O)=O)c2)cc1. The average Bonchev–Trinajstić information content (AvgIpc) is 2.64. The predicted octanol–water partition coefficient (Wildman–Crippen LogP) is 1.90. The summed E-state index contributed by atoms with van der Waals surface area (Å²) in [6.45, 7) is 1.97. The average molecular weight is 376 g/mol. The van der Waals surface area contributed by atoms with Gasteiger partial charge in [-0.15, -0.1) is 0 Å². The summed E-state index contributed by atoms with van der Waals surface area (Å²) in [4.78, 5) is 12.6. The van der Waals surface area contributed by atoms with Crippen molar-refractivity contribution < 1.29 is 17.9 Å². The maximum absolute atomic E-state index is 12.4. The molecule has 6 nitrogen and oxygen atoms in total. The third-order valence-electron chi connectivity index (χ3n) is 4.16. The largest absolute Gasteiger partial charge is 0.497 e. The van der Waals surface area contributed by atoms with Crippen molar-refractivity contribution in [1.29, 1.82) is 0 Å². The van der Waals surface area contributed by atoms with Crippen molar-refractivity contribution in [3.05, 3.63) is 59.7 Å². The molecular weight excluding hydrogens is 352 g/mol. The molecule has 0 aliphatic heterocycles. The molecule has 1 amide bonds. The number of nitrogens with two attached hydrogens (primary N) is 1. The van der Waals surface area contributed by atoms with Crippen LogP contribution in [0.1, 0.15) is 24.1 Å². The van der Waals surface area contributed by atoms with Crippen molar-refractivity contribution in [2.45, 2.75) is 17.9 Å². The summed E-state index contributed by atoms with van der Waals surface area (Å²) in [5, 5.41) is 2.96. The molecule has 0 bridgehead atoms. The Morgan fingerprint density at radius 3 is 2.35 bits per heavy atom. The van der Waals surface area contributed by atoms with E-state index in [4.69, 9.17) is 10.5 Å². The Labute approximate surface area is 154 Å². The van der Waals surface area contributed by atoms with Crippen molar-refractivity contribution >= 4 is 15.7 Å². The molecule has 0 saturated heterocycles. The first-order valence-corrected chi connectivity index (χ1v) is 10.1. The number of amides is 1. The van der Waals surface area contributed by atoms with E-state index in [0.717, 1.165) is 11.8 Å². The Bertz CT molecular complexity index is 863. The molecule has 2 rings (SSSR count). The van der Waals surface area contributed by atoms with E-state index in [1.165, 1.54) is 6.07 Å². The van der Waals surface area contributed by atoms with Crippen LogP contribution in [0.4, 0.5) is 0 Å². The lowest BCUT2D eigenvalue weighted by molar-refractivity contribution is -0.124. The summed E-state index contributed by atoms with van der Waals surface area (Å²) in [6.07, 6.45) is 1.16. The van der Waals surface area contributed by atoms with E-state index in [0.29, 0.717) is 11.3 Å². The van der Waals surface area contributed by atoms with Crippen LogP contribution in [-0.2, 0) is 14.6 Å². The van der Waals surface area contributed by atoms with Gasteiger partial charge in [0.2, 0.25) is 5.91 Å². The van der Waals surface area contributed by atoms with Crippen molar-refractivity contribution in [3.63, 3.8) is 0 Å². The highest BCUT2D eigenvalue weighted by Crippen LogP contribution is 2.26.